The number of halogens is 2. The lowest BCUT2D eigenvalue weighted by Gasteiger charge is -2.17. The molecule has 150 valence electrons. The van der Waals surface area contributed by atoms with Crippen LogP contribution in [0.3, 0.4) is 0 Å². The number of carbonyl (C=O) groups is 2. The Morgan fingerprint density at radius 3 is 2.67 bits per heavy atom. The maximum absolute atomic E-state index is 13.1. The lowest BCUT2D eigenvalue weighted by atomic mass is 9.93. The Kier molecular flexibility index (Phi) is 5.82. The van der Waals surface area contributed by atoms with Crippen LogP contribution in [0.5, 0.6) is 0 Å². The summed E-state index contributed by atoms with van der Waals surface area (Å²) >= 11 is 13.3. The number of nitrogens with zero attached hydrogens (tertiary/aromatic N) is 4. The van der Waals surface area contributed by atoms with Crippen LogP contribution in [0.25, 0.3) is 11.4 Å². The number of pyridine rings is 1. The summed E-state index contributed by atoms with van der Waals surface area (Å²) in [5, 5.41) is 12.6. The second kappa shape index (κ2) is 8.52. The van der Waals surface area contributed by atoms with Crippen LogP contribution in [0.1, 0.15) is 17.3 Å². The molecule has 2 aromatic heterocycles. The fraction of sp³-hybridized carbons (Fsp3) is 0.190. The second-order valence-corrected chi connectivity index (χ2v) is 8.55. The molecule has 3 heterocycles. The lowest BCUT2D eigenvalue weighted by molar-refractivity contribution is -0.124. The standard InChI is InChI=1S/C21H14Cl2N4O2S/c22-13-6-14(23)8-15(7-13)27-10-12(5-19(27)28)20(29)16(9-24)21-26-18(11-30-21)17-3-1-2-4-25-17/h1-4,6-8,11-12,16H,5,10H2/t12-,16-/m0/s1. The number of ketones is 1. The first-order valence-corrected chi connectivity index (χ1v) is 10.7. The molecule has 9 heteroatoms. The maximum atomic E-state index is 13.1. The van der Waals surface area contributed by atoms with Gasteiger partial charge < -0.3 is 4.90 Å². The van der Waals surface area contributed by atoms with E-state index < -0.39 is 11.8 Å². The van der Waals surface area contributed by atoms with Crippen LogP contribution < -0.4 is 4.90 Å². The first-order valence-electron chi connectivity index (χ1n) is 9.03. The molecule has 0 spiro atoms. The minimum absolute atomic E-state index is 0.0274. The first kappa shape index (κ1) is 20.5. The van der Waals surface area contributed by atoms with Crippen LogP contribution in [-0.2, 0) is 9.59 Å². The van der Waals surface area contributed by atoms with Crippen molar-refractivity contribution in [1.29, 1.82) is 5.26 Å². The van der Waals surface area contributed by atoms with Gasteiger partial charge in [0.15, 0.2) is 11.7 Å². The van der Waals surface area contributed by atoms with E-state index in [9.17, 15) is 14.9 Å². The molecule has 1 amide bonds. The van der Waals surface area contributed by atoms with E-state index in [1.165, 1.54) is 16.2 Å². The van der Waals surface area contributed by atoms with Gasteiger partial charge in [-0.15, -0.1) is 11.3 Å². The lowest BCUT2D eigenvalue weighted by Crippen LogP contribution is -2.27. The highest BCUT2D eigenvalue weighted by atomic mass is 35.5. The van der Waals surface area contributed by atoms with Gasteiger partial charge in [0, 0.05) is 46.2 Å². The van der Waals surface area contributed by atoms with Gasteiger partial charge in [0.05, 0.1) is 17.5 Å². The molecule has 1 aromatic carbocycles. The van der Waals surface area contributed by atoms with E-state index in [4.69, 9.17) is 23.2 Å². The Hall–Kier alpha value is -2.79. The van der Waals surface area contributed by atoms with Crippen molar-refractivity contribution in [2.24, 2.45) is 5.92 Å². The Morgan fingerprint density at radius 1 is 1.23 bits per heavy atom. The first-order chi connectivity index (χ1) is 14.5. The zero-order valence-corrected chi connectivity index (χ0v) is 17.8. The van der Waals surface area contributed by atoms with E-state index in [1.54, 1.807) is 35.8 Å². The molecule has 3 aromatic rings. The van der Waals surface area contributed by atoms with Crippen LogP contribution in [0.15, 0.2) is 48.0 Å². The van der Waals surface area contributed by atoms with Gasteiger partial charge in [-0.25, -0.2) is 4.98 Å². The number of hydrogen-bond acceptors (Lipinski definition) is 6. The Bertz CT molecular complexity index is 1140. The van der Waals surface area contributed by atoms with Crippen molar-refractivity contribution in [1.82, 2.24) is 9.97 Å². The summed E-state index contributed by atoms with van der Waals surface area (Å²) in [6.07, 6.45) is 1.68. The molecule has 0 bridgehead atoms. The third-order valence-corrected chi connectivity index (χ3v) is 6.14. The molecule has 4 rings (SSSR count). The number of anilines is 1. The molecule has 1 aliphatic rings. The minimum atomic E-state index is -1.03. The molecule has 6 nitrogen and oxygen atoms in total. The summed E-state index contributed by atoms with van der Waals surface area (Å²) in [5.41, 5.74) is 1.82. The molecule has 1 saturated heterocycles. The molecule has 30 heavy (non-hydrogen) atoms. The summed E-state index contributed by atoms with van der Waals surface area (Å²) in [6, 6.07) is 12.3. The number of benzene rings is 1. The van der Waals surface area contributed by atoms with Crippen molar-refractivity contribution in [3.8, 4) is 17.5 Å². The van der Waals surface area contributed by atoms with Crippen molar-refractivity contribution in [2.75, 3.05) is 11.4 Å². The summed E-state index contributed by atoms with van der Waals surface area (Å²) in [4.78, 5) is 35.8. The Labute approximate surface area is 186 Å². The summed E-state index contributed by atoms with van der Waals surface area (Å²) in [5.74, 6) is -2.17. The third kappa shape index (κ3) is 4.08. The van der Waals surface area contributed by atoms with Gasteiger partial charge in [0.25, 0.3) is 0 Å². The smallest absolute Gasteiger partial charge is 0.227 e. The van der Waals surface area contributed by atoms with Crippen molar-refractivity contribution >= 4 is 51.9 Å². The molecule has 0 N–H and O–H groups in total. The number of Topliss-reactive ketones (excluding diaryl/α,β-unsaturated/α-hetero) is 1. The summed E-state index contributed by atoms with van der Waals surface area (Å²) in [6.45, 7) is 0.172. The highest BCUT2D eigenvalue weighted by Crippen LogP contribution is 2.34. The number of aromatic nitrogens is 2. The highest BCUT2D eigenvalue weighted by Gasteiger charge is 2.39. The van der Waals surface area contributed by atoms with Crippen LogP contribution in [0.4, 0.5) is 5.69 Å². The predicted molar refractivity (Wildman–Crippen MR) is 116 cm³/mol. The quantitative estimate of drug-likeness (QED) is 0.552. The third-order valence-electron chi connectivity index (χ3n) is 4.80. The predicted octanol–water partition coefficient (Wildman–Crippen LogP) is 4.74. The normalized spacial score (nSPS) is 17.0. The van der Waals surface area contributed by atoms with Crippen LogP contribution in [0, 0.1) is 17.2 Å². The largest absolute Gasteiger partial charge is 0.312 e. The molecular formula is C21H14Cl2N4O2S. The van der Waals surface area contributed by atoms with Gasteiger partial charge in [0.1, 0.15) is 5.01 Å². The second-order valence-electron chi connectivity index (χ2n) is 6.78. The number of nitriles is 1. The molecule has 1 aliphatic heterocycles. The Balaban J connectivity index is 1.54. The average molecular weight is 457 g/mol. The number of carbonyl (C=O) groups excluding carboxylic acids is 2. The summed E-state index contributed by atoms with van der Waals surface area (Å²) in [7, 11) is 0. The SMILES string of the molecule is N#C[C@@H](C(=O)[C@H]1CC(=O)N(c2cc(Cl)cc(Cl)c2)C1)c1nc(-c2ccccn2)cs1. The van der Waals surface area contributed by atoms with Crippen molar-refractivity contribution < 1.29 is 9.59 Å². The number of rotatable bonds is 5. The van der Waals surface area contributed by atoms with Crippen molar-refractivity contribution in [3.63, 3.8) is 0 Å². The number of thiazole rings is 1. The van der Waals surface area contributed by atoms with Gasteiger partial charge >= 0.3 is 0 Å². The molecule has 1 fully saturated rings. The van der Waals surface area contributed by atoms with Gasteiger partial charge in [-0.2, -0.15) is 5.26 Å². The van der Waals surface area contributed by atoms with Crippen LogP contribution in [0.2, 0.25) is 10.0 Å². The van der Waals surface area contributed by atoms with E-state index in [-0.39, 0.29) is 24.7 Å². The monoisotopic (exact) mass is 456 g/mol. The van der Waals surface area contributed by atoms with Gasteiger partial charge in [-0.3, -0.25) is 14.6 Å². The van der Waals surface area contributed by atoms with Gasteiger partial charge in [0.2, 0.25) is 5.91 Å². The fourth-order valence-electron chi connectivity index (χ4n) is 3.37. The zero-order chi connectivity index (χ0) is 21.3. The van der Waals surface area contributed by atoms with Crippen LogP contribution in [-0.4, -0.2) is 28.2 Å². The highest BCUT2D eigenvalue weighted by molar-refractivity contribution is 7.10. The fourth-order valence-corrected chi connectivity index (χ4v) is 4.75. The van der Waals surface area contributed by atoms with E-state index in [0.717, 1.165) is 0 Å². The summed E-state index contributed by atoms with van der Waals surface area (Å²) < 4.78 is 0. The average Bonchev–Trinajstić information content (AvgIpc) is 3.36. The van der Waals surface area contributed by atoms with E-state index in [1.807, 2.05) is 12.1 Å². The number of amides is 1. The zero-order valence-electron chi connectivity index (χ0n) is 15.5. The van der Waals surface area contributed by atoms with E-state index in [2.05, 4.69) is 16.0 Å². The maximum Gasteiger partial charge on any atom is 0.227 e. The molecule has 0 saturated carbocycles. The molecular weight excluding hydrogens is 443 g/mol. The van der Waals surface area contributed by atoms with E-state index in [0.29, 0.717) is 32.1 Å². The Morgan fingerprint density at radius 2 is 2.00 bits per heavy atom. The minimum Gasteiger partial charge on any atom is -0.312 e. The molecule has 0 unspecified atom stereocenters. The van der Waals surface area contributed by atoms with E-state index >= 15 is 0 Å². The van der Waals surface area contributed by atoms with Gasteiger partial charge in [-0.1, -0.05) is 29.3 Å². The van der Waals surface area contributed by atoms with Crippen LogP contribution >= 0.6 is 34.5 Å². The molecule has 2 atom stereocenters. The molecule has 0 radical (unpaired) electrons. The molecule has 0 aliphatic carbocycles. The topological polar surface area (TPSA) is 87.0 Å². The van der Waals surface area contributed by atoms with Crippen molar-refractivity contribution in [2.45, 2.75) is 12.3 Å². The van der Waals surface area contributed by atoms with Crippen molar-refractivity contribution in [3.05, 3.63) is 63.0 Å². The number of hydrogen-bond donors (Lipinski definition) is 0. The van der Waals surface area contributed by atoms with Gasteiger partial charge in [-0.05, 0) is 30.3 Å².